The number of carbonyl (C=O) groups excluding carboxylic acids is 1. The third-order valence-corrected chi connectivity index (χ3v) is 2.88. The Balaban J connectivity index is 1.94. The highest BCUT2D eigenvalue weighted by molar-refractivity contribution is 5.76. The molecule has 12 heavy (non-hydrogen) atoms. The van der Waals surface area contributed by atoms with Crippen molar-refractivity contribution in [2.24, 2.45) is 0 Å². The van der Waals surface area contributed by atoms with Crippen molar-refractivity contribution in [1.82, 2.24) is 10.2 Å². The lowest BCUT2D eigenvalue weighted by atomic mass is 10.2. The molecule has 3 heteroatoms. The zero-order valence-corrected chi connectivity index (χ0v) is 7.60. The lowest BCUT2D eigenvalue weighted by Crippen LogP contribution is -2.54. The Hall–Kier alpha value is -0.570. The average molecular weight is 168 g/mol. The summed E-state index contributed by atoms with van der Waals surface area (Å²) in [7, 11) is 0. The van der Waals surface area contributed by atoms with E-state index in [1.807, 2.05) is 11.8 Å². The van der Waals surface area contributed by atoms with Crippen molar-refractivity contribution >= 4 is 5.91 Å². The van der Waals surface area contributed by atoms with Gasteiger partial charge in [-0.3, -0.25) is 4.79 Å². The van der Waals surface area contributed by atoms with Crippen LogP contribution in [-0.2, 0) is 4.79 Å². The maximum absolute atomic E-state index is 11.4. The lowest BCUT2D eigenvalue weighted by Gasteiger charge is -2.33. The van der Waals surface area contributed by atoms with Gasteiger partial charge in [-0.2, -0.15) is 0 Å². The molecule has 1 saturated carbocycles. The molecule has 1 N–H and O–H groups in total. The molecule has 0 aromatic carbocycles. The number of carbonyl (C=O) groups is 1. The molecule has 0 aromatic rings. The average Bonchev–Trinajstić information content (AvgIpc) is 2.84. The molecule has 1 amide bonds. The number of nitrogens with zero attached hydrogens (tertiary/aromatic N) is 1. The minimum absolute atomic E-state index is 0.308. The van der Waals surface area contributed by atoms with Crippen molar-refractivity contribution in [3.05, 3.63) is 0 Å². The van der Waals surface area contributed by atoms with Crippen LogP contribution in [0.4, 0.5) is 0 Å². The Morgan fingerprint density at radius 3 is 2.92 bits per heavy atom. The van der Waals surface area contributed by atoms with Crippen LogP contribution < -0.4 is 5.32 Å². The van der Waals surface area contributed by atoms with Crippen LogP contribution in [0.3, 0.4) is 0 Å². The van der Waals surface area contributed by atoms with Gasteiger partial charge in [-0.1, -0.05) is 6.92 Å². The third-order valence-electron chi connectivity index (χ3n) is 2.88. The van der Waals surface area contributed by atoms with Gasteiger partial charge in [-0.15, -0.1) is 0 Å². The summed E-state index contributed by atoms with van der Waals surface area (Å²) in [6, 6.07) is 0. The van der Waals surface area contributed by atoms with Crippen molar-refractivity contribution in [3.63, 3.8) is 0 Å². The molecule has 0 atom stereocenters. The second kappa shape index (κ2) is 2.73. The summed E-state index contributed by atoms with van der Waals surface area (Å²) < 4.78 is 0. The van der Waals surface area contributed by atoms with Gasteiger partial charge in [0.1, 0.15) is 0 Å². The van der Waals surface area contributed by atoms with E-state index in [9.17, 15) is 4.79 Å². The van der Waals surface area contributed by atoms with Crippen molar-refractivity contribution in [3.8, 4) is 0 Å². The molecule has 0 unspecified atom stereocenters. The maximum Gasteiger partial charge on any atom is 0.222 e. The molecule has 2 aliphatic rings. The molecule has 2 rings (SSSR count). The third kappa shape index (κ3) is 1.33. The number of amides is 1. The second-order valence-electron chi connectivity index (χ2n) is 3.88. The minimum atomic E-state index is 0.308. The van der Waals surface area contributed by atoms with Crippen molar-refractivity contribution in [2.45, 2.75) is 31.7 Å². The van der Waals surface area contributed by atoms with Crippen molar-refractivity contribution in [2.75, 3.05) is 19.6 Å². The Labute approximate surface area is 73.1 Å². The van der Waals surface area contributed by atoms with Gasteiger partial charge in [0.2, 0.25) is 5.91 Å². The molecule has 1 heterocycles. The molecule has 1 aliphatic heterocycles. The fourth-order valence-electron chi connectivity index (χ4n) is 1.88. The van der Waals surface area contributed by atoms with Crippen LogP contribution in [0, 0.1) is 0 Å². The predicted molar refractivity (Wildman–Crippen MR) is 46.8 cm³/mol. The summed E-state index contributed by atoms with van der Waals surface area (Å²) in [5.41, 5.74) is 0.336. The standard InChI is InChI=1S/C9H16N2O/c1-2-8(12)11-6-5-10-9(7-11)3-4-9/h10H,2-7H2,1H3. The molecular formula is C9H16N2O. The summed E-state index contributed by atoms with van der Waals surface area (Å²) in [4.78, 5) is 13.4. The maximum atomic E-state index is 11.4. The van der Waals surface area contributed by atoms with E-state index < -0.39 is 0 Å². The van der Waals surface area contributed by atoms with E-state index in [-0.39, 0.29) is 0 Å². The largest absolute Gasteiger partial charge is 0.340 e. The quantitative estimate of drug-likeness (QED) is 0.613. The lowest BCUT2D eigenvalue weighted by molar-refractivity contribution is -0.132. The first kappa shape index (κ1) is 8.05. The fraction of sp³-hybridized carbons (Fsp3) is 0.889. The van der Waals surface area contributed by atoms with Crippen LogP contribution in [-0.4, -0.2) is 36.0 Å². The summed E-state index contributed by atoms with van der Waals surface area (Å²) in [6.45, 7) is 4.75. The molecule has 0 bridgehead atoms. The van der Waals surface area contributed by atoms with Crippen LogP contribution in [0.15, 0.2) is 0 Å². The van der Waals surface area contributed by atoms with E-state index in [1.165, 1.54) is 12.8 Å². The fourth-order valence-corrected chi connectivity index (χ4v) is 1.88. The zero-order chi connectivity index (χ0) is 8.60. The number of hydrogen-bond acceptors (Lipinski definition) is 2. The monoisotopic (exact) mass is 168 g/mol. The normalized spacial score (nSPS) is 25.9. The molecule has 3 nitrogen and oxygen atoms in total. The van der Waals surface area contributed by atoms with Gasteiger partial charge in [0.05, 0.1) is 0 Å². The first-order valence-electron chi connectivity index (χ1n) is 4.79. The molecule has 2 fully saturated rings. The van der Waals surface area contributed by atoms with Crippen molar-refractivity contribution in [1.29, 1.82) is 0 Å². The van der Waals surface area contributed by atoms with Crippen LogP contribution in [0.5, 0.6) is 0 Å². The Bertz CT molecular complexity index is 199. The summed E-state index contributed by atoms with van der Waals surface area (Å²) in [5.74, 6) is 0.308. The van der Waals surface area contributed by atoms with Crippen molar-refractivity contribution < 1.29 is 4.79 Å². The SMILES string of the molecule is CCC(=O)N1CCNC2(CC2)C1. The number of rotatable bonds is 1. The molecule has 1 saturated heterocycles. The number of hydrogen-bond donors (Lipinski definition) is 1. The Kier molecular flexibility index (Phi) is 1.83. The smallest absolute Gasteiger partial charge is 0.222 e. The van der Waals surface area contributed by atoms with Crippen LogP contribution in [0.2, 0.25) is 0 Å². The van der Waals surface area contributed by atoms with Gasteiger partial charge >= 0.3 is 0 Å². The highest BCUT2D eigenvalue weighted by Crippen LogP contribution is 2.37. The topological polar surface area (TPSA) is 32.3 Å². The van der Waals surface area contributed by atoms with E-state index in [0.29, 0.717) is 17.9 Å². The molecule has 1 aliphatic carbocycles. The van der Waals surface area contributed by atoms with E-state index >= 15 is 0 Å². The van der Waals surface area contributed by atoms with Gasteiger partial charge in [0, 0.05) is 31.6 Å². The number of piperazine rings is 1. The molecule has 0 radical (unpaired) electrons. The molecule has 1 spiro atoms. The van der Waals surface area contributed by atoms with Gasteiger partial charge in [-0.05, 0) is 12.8 Å². The second-order valence-corrected chi connectivity index (χ2v) is 3.88. The zero-order valence-electron chi connectivity index (χ0n) is 7.60. The first-order chi connectivity index (χ1) is 5.76. The van der Waals surface area contributed by atoms with Gasteiger partial charge in [0.25, 0.3) is 0 Å². The van der Waals surface area contributed by atoms with Crippen LogP contribution in [0.1, 0.15) is 26.2 Å². The first-order valence-corrected chi connectivity index (χ1v) is 4.79. The summed E-state index contributed by atoms with van der Waals surface area (Å²) in [6.07, 6.45) is 3.15. The van der Waals surface area contributed by atoms with Gasteiger partial charge in [0.15, 0.2) is 0 Å². The molecule has 68 valence electrons. The molecular weight excluding hydrogens is 152 g/mol. The van der Waals surface area contributed by atoms with Crippen LogP contribution in [0.25, 0.3) is 0 Å². The Morgan fingerprint density at radius 1 is 1.58 bits per heavy atom. The van der Waals surface area contributed by atoms with E-state index in [4.69, 9.17) is 0 Å². The molecule has 0 aromatic heterocycles. The van der Waals surface area contributed by atoms with E-state index in [1.54, 1.807) is 0 Å². The number of nitrogens with one attached hydrogen (secondary N) is 1. The predicted octanol–water partition coefficient (Wildman–Crippen LogP) is 0.361. The highest BCUT2D eigenvalue weighted by atomic mass is 16.2. The van der Waals surface area contributed by atoms with Gasteiger partial charge in [-0.25, -0.2) is 0 Å². The van der Waals surface area contributed by atoms with Crippen LogP contribution >= 0.6 is 0 Å². The summed E-state index contributed by atoms with van der Waals surface area (Å²) in [5, 5.41) is 3.48. The van der Waals surface area contributed by atoms with Gasteiger partial charge < -0.3 is 10.2 Å². The van der Waals surface area contributed by atoms with E-state index in [0.717, 1.165) is 19.6 Å². The summed E-state index contributed by atoms with van der Waals surface area (Å²) >= 11 is 0. The Morgan fingerprint density at radius 2 is 2.33 bits per heavy atom. The highest BCUT2D eigenvalue weighted by Gasteiger charge is 2.46. The van der Waals surface area contributed by atoms with E-state index in [2.05, 4.69) is 5.32 Å². The minimum Gasteiger partial charge on any atom is -0.340 e.